The number of nitrogens with zero attached hydrogens (tertiary/aromatic N) is 2. The number of amides is 1. The van der Waals surface area contributed by atoms with Gasteiger partial charge in [-0.05, 0) is 6.92 Å². The van der Waals surface area contributed by atoms with Gasteiger partial charge in [0, 0.05) is 38.9 Å². The average Bonchev–Trinajstić information content (AvgIpc) is 2.33. The van der Waals surface area contributed by atoms with Crippen LogP contribution in [0.25, 0.3) is 0 Å². The number of nitrogens with one attached hydrogen (secondary N) is 2. The van der Waals surface area contributed by atoms with Crippen LogP contribution < -0.4 is 21.9 Å². The molecule has 2 N–H and O–H groups in total. The maximum atomic E-state index is 11.8. The Morgan fingerprint density at radius 3 is 2.61 bits per heavy atom. The normalized spacial score (nSPS) is 10.4. The van der Waals surface area contributed by atoms with Crippen LogP contribution in [0, 0.1) is 0 Å². The Labute approximate surface area is 104 Å². The fourth-order valence-corrected chi connectivity index (χ4v) is 1.57. The van der Waals surface area contributed by atoms with Crippen molar-refractivity contribution < 1.29 is 4.79 Å². The van der Waals surface area contributed by atoms with Crippen molar-refractivity contribution in [3.05, 3.63) is 32.6 Å². The second-order valence-corrected chi connectivity index (χ2v) is 3.97. The summed E-state index contributed by atoms with van der Waals surface area (Å²) in [5.41, 5.74) is -0.266. The molecule has 0 aromatic carbocycles. The summed E-state index contributed by atoms with van der Waals surface area (Å²) < 4.78 is 2.38. The van der Waals surface area contributed by atoms with Gasteiger partial charge in [0.25, 0.3) is 5.56 Å². The van der Waals surface area contributed by atoms with Gasteiger partial charge < -0.3 is 15.2 Å². The van der Waals surface area contributed by atoms with Gasteiger partial charge in [0.15, 0.2) is 0 Å². The summed E-state index contributed by atoms with van der Waals surface area (Å²) in [5.74, 6) is -0.126. The maximum absolute atomic E-state index is 11.8. The monoisotopic (exact) mass is 254 g/mol. The van der Waals surface area contributed by atoms with Crippen LogP contribution in [0.1, 0.15) is 12.5 Å². The van der Waals surface area contributed by atoms with Gasteiger partial charge in [-0.3, -0.25) is 14.2 Å². The number of hydrogen-bond acceptors (Lipinski definition) is 4. The largest absolute Gasteiger partial charge is 0.355 e. The van der Waals surface area contributed by atoms with Gasteiger partial charge in [-0.1, -0.05) is 0 Å². The standard InChI is InChI=1S/C11H18N4O3/c1-4-13-9(16)6-12-5-8-7-14(2)11(18)15(3)10(8)17/h7,12H,4-6H2,1-3H3,(H,13,16). The molecule has 1 heterocycles. The van der Waals surface area contributed by atoms with Crippen LogP contribution in [0.2, 0.25) is 0 Å². The molecule has 7 heteroatoms. The maximum Gasteiger partial charge on any atom is 0.330 e. The lowest BCUT2D eigenvalue weighted by molar-refractivity contribution is -0.120. The molecule has 1 aromatic heterocycles. The van der Waals surface area contributed by atoms with Crippen molar-refractivity contribution in [2.75, 3.05) is 13.1 Å². The van der Waals surface area contributed by atoms with Crippen LogP contribution in [0.3, 0.4) is 0 Å². The third-order valence-corrected chi connectivity index (χ3v) is 2.49. The third kappa shape index (κ3) is 3.30. The third-order valence-electron chi connectivity index (χ3n) is 2.49. The van der Waals surface area contributed by atoms with Crippen molar-refractivity contribution in [2.45, 2.75) is 13.5 Å². The highest BCUT2D eigenvalue weighted by molar-refractivity contribution is 5.77. The first-order valence-corrected chi connectivity index (χ1v) is 5.70. The molecule has 0 spiro atoms. The van der Waals surface area contributed by atoms with E-state index < -0.39 is 0 Å². The van der Waals surface area contributed by atoms with Crippen molar-refractivity contribution in [3.8, 4) is 0 Å². The van der Waals surface area contributed by atoms with Crippen LogP contribution in [0.4, 0.5) is 0 Å². The summed E-state index contributed by atoms with van der Waals surface area (Å²) in [4.78, 5) is 34.4. The first kappa shape index (κ1) is 14.2. The first-order valence-electron chi connectivity index (χ1n) is 5.70. The van der Waals surface area contributed by atoms with Gasteiger partial charge in [0.05, 0.1) is 6.54 Å². The van der Waals surface area contributed by atoms with E-state index in [2.05, 4.69) is 10.6 Å². The SMILES string of the molecule is CCNC(=O)CNCc1cn(C)c(=O)n(C)c1=O. The van der Waals surface area contributed by atoms with Gasteiger partial charge in [-0.15, -0.1) is 0 Å². The Bertz CT molecular complexity index is 544. The molecule has 1 rings (SSSR count). The molecular formula is C11H18N4O3. The molecule has 0 fully saturated rings. The number of aryl methyl sites for hydroxylation is 1. The number of likely N-dealkylation sites (N-methyl/N-ethyl adjacent to an activating group) is 1. The average molecular weight is 254 g/mol. The molecule has 0 aliphatic heterocycles. The Kier molecular flexibility index (Phi) is 4.85. The van der Waals surface area contributed by atoms with Gasteiger partial charge >= 0.3 is 5.69 Å². The molecule has 0 saturated heterocycles. The van der Waals surface area contributed by atoms with Gasteiger partial charge in [0.2, 0.25) is 5.91 Å². The molecule has 0 aliphatic rings. The van der Waals surface area contributed by atoms with Crippen LogP contribution >= 0.6 is 0 Å². The van der Waals surface area contributed by atoms with E-state index in [-0.39, 0.29) is 30.2 Å². The van der Waals surface area contributed by atoms with E-state index in [4.69, 9.17) is 0 Å². The van der Waals surface area contributed by atoms with E-state index in [0.717, 1.165) is 4.57 Å². The minimum Gasteiger partial charge on any atom is -0.355 e. The zero-order valence-corrected chi connectivity index (χ0v) is 10.8. The summed E-state index contributed by atoms with van der Waals surface area (Å²) in [6, 6.07) is 0. The first-order chi connectivity index (χ1) is 8.47. The second kappa shape index (κ2) is 6.15. The highest BCUT2D eigenvalue weighted by Crippen LogP contribution is 1.86. The van der Waals surface area contributed by atoms with Crippen molar-refractivity contribution >= 4 is 5.91 Å². The summed E-state index contributed by atoms with van der Waals surface area (Å²) in [6.07, 6.45) is 1.48. The number of hydrogen-bond donors (Lipinski definition) is 2. The highest BCUT2D eigenvalue weighted by Gasteiger charge is 2.07. The predicted octanol–water partition coefficient (Wildman–Crippen LogP) is -1.69. The zero-order valence-electron chi connectivity index (χ0n) is 10.8. The summed E-state index contributed by atoms with van der Waals surface area (Å²) in [6.45, 7) is 2.79. The van der Waals surface area contributed by atoms with E-state index in [0.29, 0.717) is 12.1 Å². The summed E-state index contributed by atoms with van der Waals surface area (Å²) in [7, 11) is 3.01. The fourth-order valence-electron chi connectivity index (χ4n) is 1.57. The van der Waals surface area contributed by atoms with Crippen molar-refractivity contribution in [1.82, 2.24) is 19.8 Å². The molecule has 0 radical (unpaired) electrons. The van der Waals surface area contributed by atoms with E-state index in [1.807, 2.05) is 6.92 Å². The second-order valence-electron chi connectivity index (χ2n) is 3.97. The van der Waals surface area contributed by atoms with Crippen molar-refractivity contribution in [1.29, 1.82) is 0 Å². The van der Waals surface area contributed by atoms with Crippen LogP contribution in [-0.2, 0) is 25.4 Å². The van der Waals surface area contributed by atoms with E-state index in [9.17, 15) is 14.4 Å². The fraction of sp³-hybridized carbons (Fsp3) is 0.545. The lowest BCUT2D eigenvalue weighted by atomic mass is 10.3. The molecular weight excluding hydrogens is 236 g/mol. The molecule has 100 valence electrons. The molecule has 0 bridgehead atoms. The van der Waals surface area contributed by atoms with Gasteiger partial charge in [-0.2, -0.15) is 0 Å². The molecule has 7 nitrogen and oxygen atoms in total. The Hall–Kier alpha value is -1.89. The molecule has 0 unspecified atom stereocenters. The van der Waals surface area contributed by atoms with Crippen LogP contribution in [0.5, 0.6) is 0 Å². The number of aromatic nitrogens is 2. The highest BCUT2D eigenvalue weighted by atomic mass is 16.2. The predicted molar refractivity (Wildman–Crippen MR) is 67.3 cm³/mol. The Morgan fingerprint density at radius 1 is 1.33 bits per heavy atom. The van der Waals surface area contributed by atoms with E-state index >= 15 is 0 Å². The zero-order chi connectivity index (χ0) is 13.7. The number of rotatable bonds is 5. The number of carbonyl (C=O) groups excluding carboxylic acids is 1. The summed E-state index contributed by atoms with van der Waals surface area (Å²) >= 11 is 0. The van der Waals surface area contributed by atoms with Gasteiger partial charge in [-0.25, -0.2) is 4.79 Å². The van der Waals surface area contributed by atoms with Crippen molar-refractivity contribution in [3.63, 3.8) is 0 Å². The number of carbonyl (C=O) groups is 1. The van der Waals surface area contributed by atoms with E-state index in [1.54, 1.807) is 7.05 Å². The minimum atomic E-state index is -0.368. The smallest absolute Gasteiger partial charge is 0.330 e. The minimum absolute atomic E-state index is 0.126. The lowest BCUT2D eigenvalue weighted by Crippen LogP contribution is -2.40. The van der Waals surface area contributed by atoms with E-state index in [1.165, 1.54) is 17.8 Å². The Balaban J connectivity index is 2.72. The van der Waals surface area contributed by atoms with Crippen LogP contribution in [-0.4, -0.2) is 28.1 Å². The molecule has 18 heavy (non-hydrogen) atoms. The molecule has 0 aliphatic carbocycles. The van der Waals surface area contributed by atoms with Crippen LogP contribution in [0.15, 0.2) is 15.8 Å². The van der Waals surface area contributed by atoms with Gasteiger partial charge in [0.1, 0.15) is 0 Å². The molecule has 0 saturated carbocycles. The molecule has 1 aromatic rings. The topological polar surface area (TPSA) is 85.1 Å². The van der Waals surface area contributed by atoms with Crippen molar-refractivity contribution in [2.24, 2.45) is 14.1 Å². The molecule has 0 atom stereocenters. The molecule has 1 amide bonds. The lowest BCUT2D eigenvalue weighted by Gasteiger charge is -2.08. The quantitative estimate of drug-likeness (QED) is 0.656. The summed E-state index contributed by atoms with van der Waals surface area (Å²) in [5, 5.41) is 5.50. The Morgan fingerprint density at radius 2 is 2.00 bits per heavy atom.